The largest absolute Gasteiger partial charge is 0.324 e. The van der Waals surface area contributed by atoms with Crippen molar-refractivity contribution in [3.8, 4) is 0 Å². The van der Waals surface area contributed by atoms with Gasteiger partial charge in [-0.05, 0) is 53.7 Å². The van der Waals surface area contributed by atoms with Crippen LogP contribution < -0.4 is 5.32 Å². The molecule has 3 rings (SSSR count). The fraction of sp³-hybridized carbons (Fsp3) is 0.0556. The number of anilines is 1. The molecule has 5 nitrogen and oxygen atoms in total. The summed E-state index contributed by atoms with van der Waals surface area (Å²) in [7, 11) is 0. The lowest BCUT2D eigenvalue weighted by molar-refractivity contribution is -0.127. The molecule has 1 fully saturated rings. The lowest BCUT2D eigenvalue weighted by atomic mass is 10.2. The highest BCUT2D eigenvalue weighted by atomic mass is 35.5. The summed E-state index contributed by atoms with van der Waals surface area (Å²) in [4.78, 5) is 37.6. The topological polar surface area (TPSA) is 66.5 Å². The smallest absolute Gasteiger partial charge is 0.294 e. The van der Waals surface area contributed by atoms with Crippen LogP contribution in [0.4, 0.5) is 14.9 Å². The zero-order valence-corrected chi connectivity index (χ0v) is 14.8. The first-order chi connectivity index (χ1) is 12.4. The second kappa shape index (κ2) is 7.72. The fourth-order valence-corrected chi connectivity index (χ4v) is 3.29. The van der Waals surface area contributed by atoms with Gasteiger partial charge >= 0.3 is 0 Å². The molecule has 1 aliphatic heterocycles. The Morgan fingerprint density at radius 3 is 2.62 bits per heavy atom. The number of carbonyl (C=O) groups is 3. The highest BCUT2D eigenvalue weighted by Gasteiger charge is 2.36. The van der Waals surface area contributed by atoms with Gasteiger partial charge in [-0.2, -0.15) is 0 Å². The van der Waals surface area contributed by atoms with Crippen molar-refractivity contribution in [2.75, 3.05) is 11.9 Å². The van der Waals surface area contributed by atoms with Gasteiger partial charge in [-0.25, -0.2) is 4.39 Å². The maximum absolute atomic E-state index is 12.9. The zero-order valence-electron chi connectivity index (χ0n) is 13.2. The minimum atomic E-state index is -0.564. The molecular formula is C18H12ClFN2O3S. The quantitative estimate of drug-likeness (QED) is 0.796. The van der Waals surface area contributed by atoms with E-state index in [1.807, 2.05) is 0 Å². The third kappa shape index (κ3) is 4.30. The average molecular weight is 391 g/mol. The number of hydrogen-bond donors (Lipinski definition) is 1. The predicted molar refractivity (Wildman–Crippen MR) is 99.2 cm³/mol. The van der Waals surface area contributed by atoms with E-state index in [-0.39, 0.29) is 4.91 Å². The summed E-state index contributed by atoms with van der Waals surface area (Å²) in [6.07, 6.45) is 1.49. The Labute approximate surface area is 157 Å². The SMILES string of the molecule is O=C(CN1C(=O)S/C(=C/c2ccc(F)cc2)C1=O)Nc1cccc(Cl)c1. The van der Waals surface area contributed by atoms with Gasteiger partial charge in [0.1, 0.15) is 12.4 Å². The summed E-state index contributed by atoms with van der Waals surface area (Å²) in [5, 5.41) is 2.50. The first-order valence-corrected chi connectivity index (χ1v) is 8.68. The Balaban J connectivity index is 1.69. The number of halogens is 2. The number of rotatable bonds is 4. The second-order valence-corrected chi connectivity index (χ2v) is 6.81. The van der Waals surface area contributed by atoms with E-state index in [0.717, 1.165) is 16.7 Å². The number of nitrogens with one attached hydrogen (secondary N) is 1. The molecule has 3 amide bonds. The van der Waals surface area contributed by atoms with E-state index in [1.165, 1.54) is 30.3 Å². The molecule has 2 aromatic carbocycles. The van der Waals surface area contributed by atoms with Crippen molar-refractivity contribution in [3.63, 3.8) is 0 Å². The highest BCUT2D eigenvalue weighted by Crippen LogP contribution is 2.32. The zero-order chi connectivity index (χ0) is 18.7. The first-order valence-electron chi connectivity index (χ1n) is 7.49. The molecule has 1 heterocycles. The van der Waals surface area contributed by atoms with Crippen LogP contribution in [0.25, 0.3) is 6.08 Å². The van der Waals surface area contributed by atoms with Gasteiger partial charge in [-0.1, -0.05) is 29.8 Å². The van der Waals surface area contributed by atoms with Crippen LogP contribution >= 0.6 is 23.4 Å². The Bertz CT molecular complexity index is 915. The molecule has 0 aliphatic carbocycles. The number of imide groups is 1. The number of amides is 3. The molecule has 0 radical (unpaired) electrons. The molecule has 0 unspecified atom stereocenters. The van der Waals surface area contributed by atoms with E-state index < -0.39 is 29.4 Å². The molecule has 0 aromatic heterocycles. The van der Waals surface area contributed by atoms with Crippen molar-refractivity contribution in [1.82, 2.24) is 4.90 Å². The molecule has 2 aromatic rings. The van der Waals surface area contributed by atoms with E-state index in [4.69, 9.17) is 11.6 Å². The third-order valence-electron chi connectivity index (χ3n) is 3.45. The number of thioether (sulfide) groups is 1. The van der Waals surface area contributed by atoms with Crippen LogP contribution in [0, 0.1) is 5.82 Å². The second-order valence-electron chi connectivity index (χ2n) is 5.38. The standard InChI is InChI=1S/C18H12ClFN2O3S/c19-12-2-1-3-14(9-12)21-16(23)10-22-17(24)15(26-18(22)25)8-11-4-6-13(20)7-5-11/h1-9H,10H2,(H,21,23)/b15-8+. The van der Waals surface area contributed by atoms with Gasteiger partial charge in [0, 0.05) is 10.7 Å². The van der Waals surface area contributed by atoms with Crippen molar-refractivity contribution in [2.45, 2.75) is 0 Å². The lowest BCUT2D eigenvalue weighted by Gasteiger charge is -2.12. The van der Waals surface area contributed by atoms with Crippen molar-refractivity contribution < 1.29 is 18.8 Å². The molecule has 0 atom stereocenters. The van der Waals surface area contributed by atoms with Crippen LogP contribution in [0.15, 0.2) is 53.4 Å². The first kappa shape index (κ1) is 18.2. The molecule has 26 heavy (non-hydrogen) atoms. The van der Waals surface area contributed by atoms with E-state index in [1.54, 1.807) is 24.3 Å². The van der Waals surface area contributed by atoms with E-state index in [2.05, 4.69) is 5.32 Å². The van der Waals surface area contributed by atoms with Crippen LogP contribution in [0.1, 0.15) is 5.56 Å². The Morgan fingerprint density at radius 1 is 1.19 bits per heavy atom. The van der Waals surface area contributed by atoms with Gasteiger partial charge in [-0.15, -0.1) is 0 Å². The van der Waals surface area contributed by atoms with Gasteiger partial charge < -0.3 is 5.32 Å². The summed E-state index contributed by atoms with van der Waals surface area (Å²) in [5.41, 5.74) is 1.05. The molecule has 132 valence electrons. The molecule has 1 saturated heterocycles. The van der Waals surface area contributed by atoms with Crippen molar-refractivity contribution >= 4 is 52.2 Å². The van der Waals surface area contributed by atoms with Crippen LogP contribution in [0.3, 0.4) is 0 Å². The van der Waals surface area contributed by atoms with Gasteiger partial charge in [0.05, 0.1) is 4.91 Å². The summed E-state index contributed by atoms with van der Waals surface area (Å²) < 4.78 is 12.9. The number of carbonyl (C=O) groups excluding carboxylic acids is 3. The summed E-state index contributed by atoms with van der Waals surface area (Å²) >= 11 is 6.58. The van der Waals surface area contributed by atoms with Gasteiger partial charge in [0.15, 0.2) is 0 Å². The van der Waals surface area contributed by atoms with E-state index in [0.29, 0.717) is 16.3 Å². The fourth-order valence-electron chi connectivity index (χ4n) is 2.26. The van der Waals surface area contributed by atoms with Gasteiger partial charge in [-0.3, -0.25) is 19.3 Å². The highest BCUT2D eigenvalue weighted by molar-refractivity contribution is 8.18. The monoisotopic (exact) mass is 390 g/mol. The third-order valence-corrected chi connectivity index (χ3v) is 4.59. The molecule has 0 bridgehead atoms. The summed E-state index contributed by atoms with van der Waals surface area (Å²) in [5.74, 6) is -1.48. The van der Waals surface area contributed by atoms with Gasteiger partial charge in [0.25, 0.3) is 11.1 Å². The number of nitrogens with zero attached hydrogens (tertiary/aromatic N) is 1. The van der Waals surface area contributed by atoms with Gasteiger partial charge in [0.2, 0.25) is 5.91 Å². The minimum Gasteiger partial charge on any atom is -0.324 e. The minimum absolute atomic E-state index is 0.178. The Morgan fingerprint density at radius 2 is 1.92 bits per heavy atom. The molecular weight excluding hydrogens is 379 g/mol. The molecule has 1 N–H and O–H groups in total. The van der Waals surface area contributed by atoms with Crippen LogP contribution in [0.5, 0.6) is 0 Å². The number of hydrogen-bond acceptors (Lipinski definition) is 4. The lowest BCUT2D eigenvalue weighted by Crippen LogP contribution is -2.36. The van der Waals surface area contributed by atoms with E-state index in [9.17, 15) is 18.8 Å². The van der Waals surface area contributed by atoms with Crippen LogP contribution in [-0.2, 0) is 9.59 Å². The van der Waals surface area contributed by atoms with Crippen LogP contribution in [0.2, 0.25) is 5.02 Å². The molecule has 0 spiro atoms. The Kier molecular flexibility index (Phi) is 5.39. The number of benzene rings is 2. The average Bonchev–Trinajstić information content (AvgIpc) is 2.84. The normalized spacial score (nSPS) is 15.6. The Hall–Kier alpha value is -2.64. The maximum Gasteiger partial charge on any atom is 0.294 e. The molecule has 0 saturated carbocycles. The summed E-state index contributed by atoms with van der Waals surface area (Å²) in [6, 6.07) is 12.0. The van der Waals surface area contributed by atoms with Crippen molar-refractivity contribution in [3.05, 3.63) is 69.8 Å². The van der Waals surface area contributed by atoms with Crippen molar-refractivity contribution in [1.29, 1.82) is 0 Å². The van der Waals surface area contributed by atoms with E-state index >= 15 is 0 Å². The predicted octanol–water partition coefficient (Wildman–Crippen LogP) is 4.15. The maximum atomic E-state index is 12.9. The molecule has 8 heteroatoms. The van der Waals surface area contributed by atoms with Crippen LogP contribution in [-0.4, -0.2) is 28.5 Å². The summed E-state index contributed by atoms with van der Waals surface area (Å²) in [6.45, 7) is -0.405. The van der Waals surface area contributed by atoms with Crippen molar-refractivity contribution in [2.24, 2.45) is 0 Å². The molecule has 1 aliphatic rings.